The van der Waals surface area contributed by atoms with Crippen molar-refractivity contribution in [2.75, 3.05) is 0 Å². The van der Waals surface area contributed by atoms with Gasteiger partial charge in [-0.3, -0.25) is 4.79 Å². The van der Waals surface area contributed by atoms with Crippen LogP contribution >= 0.6 is 0 Å². The van der Waals surface area contributed by atoms with E-state index in [4.69, 9.17) is 0 Å². The second-order valence-corrected chi connectivity index (χ2v) is 3.52. The van der Waals surface area contributed by atoms with E-state index < -0.39 is 0 Å². The molecular weight excluding hydrogens is 128 g/mol. The van der Waals surface area contributed by atoms with E-state index in [1.54, 1.807) is 0 Å². The molecule has 0 aromatic rings. The van der Waals surface area contributed by atoms with Gasteiger partial charge in [0.15, 0.2) is 0 Å². The van der Waals surface area contributed by atoms with Gasteiger partial charge in [-0.25, -0.2) is 0 Å². The number of Topliss-reactive ketones (excluding diaryl/α,β-unsaturated/α-hetero) is 1. The SMILES string of the molecule is CC1CC(C)(C=O)CC1=O. The molecule has 2 atom stereocenters. The summed E-state index contributed by atoms with van der Waals surface area (Å²) in [5, 5.41) is 0. The molecule has 2 heteroatoms. The Balaban J connectivity index is 2.73. The molecule has 0 aromatic heterocycles. The van der Waals surface area contributed by atoms with Crippen LogP contribution in [0.5, 0.6) is 0 Å². The lowest BCUT2D eigenvalue weighted by atomic mass is 9.90. The van der Waals surface area contributed by atoms with Gasteiger partial charge in [-0.05, 0) is 6.42 Å². The van der Waals surface area contributed by atoms with E-state index in [0.717, 1.165) is 12.7 Å². The molecule has 0 aromatic carbocycles. The number of hydrogen-bond acceptors (Lipinski definition) is 2. The number of carbonyl (C=O) groups is 2. The van der Waals surface area contributed by atoms with Gasteiger partial charge in [0.05, 0.1) is 0 Å². The summed E-state index contributed by atoms with van der Waals surface area (Å²) in [6.45, 7) is 3.73. The van der Waals surface area contributed by atoms with Gasteiger partial charge in [-0.15, -0.1) is 0 Å². The zero-order valence-electron chi connectivity index (χ0n) is 6.39. The third-order valence-electron chi connectivity index (χ3n) is 2.18. The molecule has 1 rings (SSSR count). The summed E-state index contributed by atoms with van der Waals surface area (Å²) in [6, 6.07) is 0. The van der Waals surface area contributed by atoms with Crippen molar-refractivity contribution in [2.45, 2.75) is 26.7 Å². The fourth-order valence-corrected chi connectivity index (χ4v) is 1.55. The normalized spacial score (nSPS) is 40.2. The van der Waals surface area contributed by atoms with Gasteiger partial charge in [-0.2, -0.15) is 0 Å². The predicted molar refractivity (Wildman–Crippen MR) is 37.6 cm³/mol. The van der Waals surface area contributed by atoms with Crippen molar-refractivity contribution < 1.29 is 9.59 Å². The van der Waals surface area contributed by atoms with E-state index in [2.05, 4.69) is 0 Å². The molecule has 1 saturated carbocycles. The predicted octanol–water partition coefficient (Wildman–Crippen LogP) is 1.19. The van der Waals surface area contributed by atoms with Crippen molar-refractivity contribution in [3.05, 3.63) is 0 Å². The smallest absolute Gasteiger partial charge is 0.136 e. The van der Waals surface area contributed by atoms with E-state index in [1.165, 1.54) is 0 Å². The van der Waals surface area contributed by atoms with Crippen molar-refractivity contribution in [1.29, 1.82) is 0 Å². The molecule has 1 aliphatic rings. The fourth-order valence-electron chi connectivity index (χ4n) is 1.55. The average Bonchev–Trinajstić information content (AvgIpc) is 2.10. The number of ketones is 1. The highest BCUT2D eigenvalue weighted by molar-refractivity contribution is 5.87. The monoisotopic (exact) mass is 140 g/mol. The first kappa shape index (κ1) is 7.45. The first-order valence-corrected chi connectivity index (χ1v) is 3.56. The van der Waals surface area contributed by atoms with E-state index in [9.17, 15) is 9.59 Å². The Kier molecular flexibility index (Phi) is 1.63. The molecule has 1 aliphatic carbocycles. The van der Waals surface area contributed by atoms with Crippen molar-refractivity contribution in [3.8, 4) is 0 Å². The highest BCUT2D eigenvalue weighted by atomic mass is 16.1. The number of hydrogen-bond donors (Lipinski definition) is 0. The standard InChI is InChI=1S/C8H12O2/c1-6-3-8(2,5-9)4-7(6)10/h5-6H,3-4H2,1-2H3. The van der Waals surface area contributed by atoms with E-state index >= 15 is 0 Å². The third kappa shape index (κ3) is 1.11. The van der Waals surface area contributed by atoms with Crippen LogP contribution in [-0.2, 0) is 9.59 Å². The summed E-state index contributed by atoms with van der Waals surface area (Å²) in [6.07, 6.45) is 2.08. The summed E-state index contributed by atoms with van der Waals surface area (Å²) in [7, 11) is 0. The average molecular weight is 140 g/mol. The van der Waals surface area contributed by atoms with Crippen LogP contribution in [0.25, 0.3) is 0 Å². The minimum atomic E-state index is -0.351. The Labute approximate surface area is 60.6 Å². The molecule has 0 bridgehead atoms. The lowest BCUT2D eigenvalue weighted by molar-refractivity contribution is -0.122. The largest absolute Gasteiger partial charge is 0.303 e. The third-order valence-corrected chi connectivity index (χ3v) is 2.18. The maximum atomic E-state index is 11.0. The summed E-state index contributed by atoms with van der Waals surface area (Å²) in [4.78, 5) is 21.5. The van der Waals surface area contributed by atoms with Crippen LogP contribution in [-0.4, -0.2) is 12.1 Å². The Hall–Kier alpha value is -0.660. The van der Waals surface area contributed by atoms with Crippen molar-refractivity contribution in [3.63, 3.8) is 0 Å². The van der Waals surface area contributed by atoms with Crippen molar-refractivity contribution in [1.82, 2.24) is 0 Å². The molecule has 0 saturated heterocycles. The molecule has 0 spiro atoms. The van der Waals surface area contributed by atoms with Crippen LogP contribution in [0, 0.1) is 11.3 Å². The van der Waals surface area contributed by atoms with Gasteiger partial charge >= 0.3 is 0 Å². The van der Waals surface area contributed by atoms with E-state index in [0.29, 0.717) is 6.42 Å². The summed E-state index contributed by atoms with van der Waals surface area (Å²) in [5.74, 6) is 0.324. The molecule has 0 amide bonds. The molecule has 0 aliphatic heterocycles. The molecule has 0 radical (unpaired) electrons. The maximum absolute atomic E-state index is 11.0. The quantitative estimate of drug-likeness (QED) is 0.513. The van der Waals surface area contributed by atoms with Gasteiger partial charge in [0.1, 0.15) is 12.1 Å². The Morgan fingerprint density at radius 2 is 2.30 bits per heavy atom. The highest BCUT2D eigenvalue weighted by Crippen LogP contribution is 2.36. The van der Waals surface area contributed by atoms with Gasteiger partial charge in [0, 0.05) is 17.8 Å². The van der Waals surface area contributed by atoms with Crippen LogP contribution in [0.15, 0.2) is 0 Å². The van der Waals surface area contributed by atoms with E-state index in [-0.39, 0.29) is 17.1 Å². The zero-order chi connectivity index (χ0) is 7.78. The first-order chi connectivity index (χ1) is 4.57. The Morgan fingerprint density at radius 1 is 1.70 bits per heavy atom. The van der Waals surface area contributed by atoms with Crippen LogP contribution in [0.4, 0.5) is 0 Å². The molecule has 56 valence electrons. The summed E-state index contributed by atoms with van der Waals surface area (Å²) in [5.41, 5.74) is -0.351. The summed E-state index contributed by atoms with van der Waals surface area (Å²) >= 11 is 0. The number of carbonyl (C=O) groups excluding carboxylic acids is 2. The molecule has 2 unspecified atom stereocenters. The highest BCUT2D eigenvalue weighted by Gasteiger charge is 2.38. The Morgan fingerprint density at radius 3 is 2.50 bits per heavy atom. The molecule has 0 heterocycles. The van der Waals surface area contributed by atoms with Crippen LogP contribution in [0.3, 0.4) is 0 Å². The molecule has 0 N–H and O–H groups in total. The maximum Gasteiger partial charge on any atom is 0.136 e. The number of aldehydes is 1. The molecule has 1 fully saturated rings. The van der Waals surface area contributed by atoms with Crippen LogP contribution in [0.1, 0.15) is 26.7 Å². The Bertz CT molecular complexity index is 174. The lowest BCUT2D eigenvalue weighted by Crippen LogP contribution is -2.12. The summed E-state index contributed by atoms with van der Waals surface area (Å²) < 4.78 is 0. The fraction of sp³-hybridized carbons (Fsp3) is 0.750. The van der Waals surface area contributed by atoms with Gasteiger partial charge in [-0.1, -0.05) is 13.8 Å². The van der Waals surface area contributed by atoms with Crippen LogP contribution < -0.4 is 0 Å². The van der Waals surface area contributed by atoms with Gasteiger partial charge < -0.3 is 4.79 Å². The second kappa shape index (κ2) is 2.19. The molecule has 10 heavy (non-hydrogen) atoms. The van der Waals surface area contributed by atoms with Gasteiger partial charge in [0.25, 0.3) is 0 Å². The molecule has 2 nitrogen and oxygen atoms in total. The van der Waals surface area contributed by atoms with E-state index in [1.807, 2.05) is 13.8 Å². The second-order valence-electron chi connectivity index (χ2n) is 3.52. The number of rotatable bonds is 1. The zero-order valence-corrected chi connectivity index (χ0v) is 6.39. The minimum absolute atomic E-state index is 0.0928. The topological polar surface area (TPSA) is 34.1 Å². The first-order valence-electron chi connectivity index (χ1n) is 3.56. The van der Waals surface area contributed by atoms with Crippen molar-refractivity contribution >= 4 is 12.1 Å². The van der Waals surface area contributed by atoms with Crippen LogP contribution in [0.2, 0.25) is 0 Å². The molecular formula is C8H12O2. The van der Waals surface area contributed by atoms with Gasteiger partial charge in [0.2, 0.25) is 0 Å². The minimum Gasteiger partial charge on any atom is -0.303 e. The van der Waals surface area contributed by atoms with Crippen molar-refractivity contribution in [2.24, 2.45) is 11.3 Å². The lowest BCUT2D eigenvalue weighted by Gasteiger charge is -2.11.